The molecule has 0 fully saturated rings. The molecule has 0 saturated carbocycles. The minimum atomic E-state index is -3.16. The maximum atomic E-state index is 12.7. The van der Waals surface area contributed by atoms with Crippen LogP contribution >= 0.6 is 7.60 Å². The third kappa shape index (κ3) is 4.23. The van der Waals surface area contributed by atoms with Crippen LogP contribution in [0.4, 0.5) is 0 Å². The van der Waals surface area contributed by atoms with Crippen LogP contribution in [0.15, 0.2) is 60.7 Å². The fourth-order valence-electron chi connectivity index (χ4n) is 1.75. The fraction of sp³-hybridized carbons (Fsp3) is 0.200. The van der Waals surface area contributed by atoms with Crippen molar-refractivity contribution >= 4 is 7.60 Å². The van der Waals surface area contributed by atoms with Crippen molar-refractivity contribution in [1.82, 2.24) is 0 Å². The Bertz CT molecular complexity index is 494. The summed E-state index contributed by atoms with van der Waals surface area (Å²) in [5.74, 6) is 0.565. The zero-order valence-electron chi connectivity index (χ0n) is 10.9. The number of para-hydroxylation sites is 1. The van der Waals surface area contributed by atoms with Gasteiger partial charge in [0.25, 0.3) is 0 Å². The van der Waals surface area contributed by atoms with Gasteiger partial charge in [0.1, 0.15) is 5.75 Å². The highest BCUT2D eigenvalue weighted by Crippen LogP contribution is 2.51. The van der Waals surface area contributed by atoms with E-state index >= 15 is 0 Å². The molecule has 0 amide bonds. The molecule has 1 unspecified atom stereocenters. The van der Waals surface area contributed by atoms with Crippen molar-refractivity contribution in [2.45, 2.75) is 13.1 Å². The smallest absolute Gasteiger partial charge is 0.383 e. The normalized spacial score (nSPS) is 13.7. The topological polar surface area (TPSA) is 35.5 Å². The van der Waals surface area contributed by atoms with Crippen molar-refractivity contribution in [2.75, 3.05) is 6.61 Å². The van der Waals surface area contributed by atoms with Crippen LogP contribution in [0.3, 0.4) is 0 Å². The number of hydrogen-bond donors (Lipinski definition) is 0. The Morgan fingerprint density at radius 3 is 2.11 bits per heavy atom. The Labute approximate surface area is 113 Å². The van der Waals surface area contributed by atoms with Gasteiger partial charge in [0.2, 0.25) is 0 Å². The Hall–Kier alpha value is -1.57. The van der Waals surface area contributed by atoms with Crippen LogP contribution in [0.2, 0.25) is 0 Å². The van der Waals surface area contributed by atoms with E-state index in [0.717, 1.165) is 5.56 Å². The van der Waals surface area contributed by atoms with E-state index in [2.05, 4.69) is 0 Å². The maximum Gasteiger partial charge on any atom is 0.383 e. The molecule has 2 aromatic rings. The highest BCUT2D eigenvalue weighted by molar-refractivity contribution is 7.53. The van der Waals surface area contributed by atoms with Crippen LogP contribution in [0, 0.1) is 0 Å². The predicted molar refractivity (Wildman–Crippen MR) is 76.4 cm³/mol. The third-order valence-corrected chi connectivity index (χ3v) is 4.43. The van der Waals surface area contributed by atoms with Gasteiger partial charge in [-0.2, -0.15) is 0 Å². The van der Waals surface area contributed by atoms with Crippen molar-refractivity contribution in [3.8, 4) is 5.75 Å². The highest BCUT2D eigenvalue weighted by Gasteiger charge is 2.26. The van der Waals surface area contributed by atoms with Crippen molar-refractivity contribution in [2.24, 2.45) is 0 Å². The zero-order valence-corrected chi connectivity index (χ0v) is 11.8. The molecule has 0 heterocycles. The van der Waals surface area contributed by atoms with Crippen LogP contribution in [-0.4, -0.2) is 6.61 Å². The largest absolute Gasteiger partial charge is 0.424 e. The Kier molecular flexibility index (Phi) is 4.78. The van der Waals surface area contributed by atoms with Gasteiger partial charge in [-0.05, 0) is 24.6 Å². The molecule has 4 heteroatoms. The SMILES string of the molecule is CCOP(=O)(Cc1ccccc1)Oc1ccccc1. The zero-order chi connectivity index (χ0) is 13.6. The van der Waals surface area contributed by atoms with Crippen molar-refractivity contribution in [3.05, 3.63) is 66.2 Å². The summed E-state index contributed by atoms with van der Waals surface area (Å²) in [6.07, 6.45) is 0.274. The summed E-state index contributed by atoms with van der Waals surface area (Å²) >= 11 is 0. The van der Waals surface area contributed by atoms with Gasteiger partial charge >= 0.3 is 7.60 Å². The molecule has 19 heavy (non-hydrogen) atoms. The molecule has 0 bridgehead atoms. The van der Waals surface area contributed by atoms with Gasteiger partial charge in [-0.15, -0.1) is 0 Å². The molecule has 0 aliphatic carbocycles. The molecular weight excluding hydrogens is 259 g/mol. The monoisotopic (exact) mass is 276 g/mol. The average molecular weight is 276 g/mol. The number of benzene rings is 2. The summed E-state index contributed by atoms with van der Waals surface area (Å²) < 4.78 is 23.7. The first kappa shape index (κ1) is 13.9. The summed E-state index contributed by atoms with van der Waals surface area (Å²) in [7, 11) is -3.16. The number of hydrogen-bond acceptors (Lipinski definition) is 3. The Balaban J connectivity index is 2.16. The van der Waals surface area contributed by atoms with Gasteiger partial charge < -0.3 is 4.52 Å². The molecule has 0 aliphatic heterocycles. The van der Waals surface area contributed by atoms with Crippen LogP contribution < -0.4 is 4.52 Å². The van der Waals surface area contributed by atoms with E-state index in [0.29, 0.717) is 12.4 Å². The van der Waals surface area contributed by atoms with E-state index in [4.69, 9.17) is 9.05 Å². The van der Waals surface area contributed by atoms with Gasteiger partial charge in [-0.3, -0.25) is 4.52 Å². The summed E-state index contributed by atoms with van der Waals surface area (Å²) in [5.41, 5.74) is 0.940. The average Bonchev–Trinajstić information content (AvgIpc) is 2.41. The van der Waals surface area contributed by atoms with E-state index in [1.807, 2.05) is 55.5 Å². The molecule has 0 aliphatic rings. The minimum Gasteiger partial charge on any atom is -0.424 e. The summed E-state index contributed by atoms with van der Waals surface area (Å²) in [4.78, 5) is 0. The molecule has 0 radical (unpaired) electrons. The van der Waals surface area contributed by atoms with E-state index in [-0.39, 0.29) is 6.16 Å². The predicted octanol–water partition coefficient (Wildman–Crippen LogP) is 4.50. The molecule has 0 spiro atoms. The van der Waals surface area contributed by atoms with E-state index in [9.17, 15) is 4.57 Å². The number of rotatable bonds is 6. The quantitative estimate of drug-likeness (QED) is 0.729. The van der Waals surface area contributed by atoms with Crippen LogP contribution in [0.1, 0.15) is 12.5 Å². The summed E-state index contributed by atoms with van der Waals surface area (Å²) in [5, 5.41) is 0. The molecule has 0 saturated heterocycles. The molecular formula is C15H17O3P. The van der Waals surface area contributed by atoms with Crippen LogP contribution in [-0.2, 0) is 15.3 Å². The molecule has 100 valence electrons. The van der Waals surface area contributed by atoms with Gasteiger partial charge in [0.15, 0.2) is 0 Å². The van der Waals surface area contributed by atoms with Crippen LogP contribution in [0.5, 0.6) is 5.75 Å². The second-order valence-corrected chi connectivity index (χ2v) is 6.06. The molecule has 1 atom stereocenters. The maximum absolute atomic E-state index is 12.7. The lowest BCUT2D eigenvalue weighted by atomic mass is 10.2. The lowest BCUT2D eigenvalue weighted by molar-refractivity contribution is 0.278. The van der Waals surface area contributed by atoms with E-state index < -0.39 is 7.60 Å². The molecule has 0 N–H and O–H groups in total. The fourth-order valence-corrected chi connectivity index (χ4v) is 3.45. The first-order valence-corrected chi connectivity index (χ1v) is 7.97. The van der Waals surface area contributed by atoms with E-state index in [1.165, 1.54) is 0 Å². The van der Waals surface area contributed by atoms with Crippen molar-refractivity contribution < 1.29 is 13.6 Å². The first-order chi connectivity index (χ1) is 9.22. The minimum absolute atomic E-state index is 0.274. The standard InChI is InChI=1S/C15H17O3P/c1-2-17-19(16,13-14-9-5-3-6-10-14)18-15-11-7-4-8-12-15/h3-12H,2,13H2,1H3. The molecule has 2 rings (SSSR count). The second-order valence-electron chi connectivity index (χ2n) is 4.08. The third-order valence-electron chi connectivity index (χ3n) is 2.53. The summed E-state index contributed by atoms with van der Waals surface area (Å²) in [6, 6.07) is 18.7. The lowest BCUT2D eigenvalue weighted by Crippen LogP contribution is -2.01. The highest BCUT2D eigenvalue weighted by atomic mass is 31.2. The van der Waals surface area contributed by atoms with Crippen molar-refractivity contribution in [3.63, 3.8) is 0 Å². The van der Waals surface area contributed by atoms with Gasteiger partial charge in [-0.25, -0.2) is 4.57 Å². The molecule has 0 aromatic heterocycles. The van der Waals surface area contributed by atoms with Crippen LogP contribution in [0.25, 0.3) is 0 Å². The Morgan fingerprint density at radius 2 is 1.53 bits per heavy atom. The van der Waals surface area contributed by atoms with Gasteiger partial charge in [-0.1, -0.05) is 48.5 Å². The van der Waals surface area contributed by atoms with E-state index in [1.54, 1.807) is 12.1 Å². The lowest BCUT2D eigenvalue weighted by Gasteiger charge is -2.18. The van der Waals surface area contributed by atoms with Gasteiger partial charge in [0, 0.05) is 0 Å². The molecule has 2 aromatic carbocycles. The first-order valence-electron chi connectivity index (χ1n) is 6.24. The molecule has 3 nitrogen and oxygen atoms in total. The van der Waals surface area contributed by atoms with Gasteiger partial charge in [0.05, 0.1) is 12.8 Å². The van der Waals surface area contributed by atoms with Crippen molar-refractivity contribution in [1.29, 1.82) is 0 Å². The summed E-state index contributed by atoms with van der Waals surface area (Å²) in [6.45, 7) is 2.17. The second kappa shape index (κ2) is 6.55. The Morgan fingerprint density at radius 1 is 0.947 bits per heavy atom.